The summed E-state index contributed by atoms with van der Waals surface area (Å²) >= 11 is 0. The summed E-state index contributed by atoms with van der Waals surface area (Å²) in [5.41, 5.74) is -0.367. The second kappa shape index (κ2) is 8.31. The molecule has 0 aromatic carbocycles. The maximum atomic E-state index is 12.6. The van der Waals surface area contributed by atoms with Crippen LogP contribution in [0.25, 0.3) is 0 Å². The number of hydrogen-bond donors (Lipinski definition) is 0. The summed E-state index contributed by atoms with van der Waals surface area (Å²) in [5.74, 6) is 0.469. The van der Waals surface area contributed by atoms with Gasteiger partial charge < -0.3 is 9.05 Å². The van der Waals surface area contributed by atoms with Gasteiger partial charge in [-0.05, 0) is 25.7 Å². The van der Waals surface area contributed by atoms with E-state index in [0.717, 1.165) is 0 Å². The first kappa shape index (κ1) is 19.8. The average Bonchev–Trinajstić information content (AvgIpc) is 2.26. The molecule has 0 aliphatic rings. The van der Waals surface area contributed by atoms with Crippen molar-refractivity contribution in [3.8, 4) is 0 Å². The molecule has 0 radical (unpaired) electrons. The fraction of sp³-hybridized carbons (Fsp3) is 0.933. The van der Waals surface area contributed by atoms with E-state index in [2.05, 4.69) is 0 Å². The molecule has 0 spiro atoms. The number of ketones is 1. The number of rotatable bonds is 9. The lowest BCUT2D eigenvalue weighted by Gasteiger charge is -2.27. The minimum absolute atomic E-state index is 0.0191. The van der Waals surface area contributed by atoms with Gasteiger partial charge in [0.15, 0.2) is 0 Å². The van der Waals surface area contributed by atoms with Crippen LogP contribution in [0.2, 0.25) is 0 Å². The third-order valence-corrected chi connectivity index (χ3v) is 5.56. The van der Waals surface area contributed by atoms with Crippen molar-refractivity contribution in [1.29, 1.82) is 0 Å². The van der Waals surface area contributed by atoms with Gasteiger partial charge in [-0.3, -0.25) is 9.36 Å². The van der Waals surface area contributed by atoms with Gasteiger partial charge in [0.25, 0.3) is 0 Å². The molecule has 20 heavy (non-hydrogen) atoms. The zero-order valence-corrected chi connectivity index (χ0v) is 15.0. The topological polar surface area (TPSA) is 52.6 Å². The van der Waals surface area contributed by atoms with Crippen molar-refractivity contribution in [2.24, 2.45) is 17.3 Å². The summed E-state index contributed by atoms with van der Waals surface area (Å²) in [7, 11) is -3.09. The number of Topliss-reactive ketones (excluding diaryl/α,β-unsaturated/α-hetero) is 1. The average molecular weight is 306 g/mol. The van der Waals surface area contributed by atoms with E-state index in [0.29, 0.717) is 25.8 Å². The van der Waals surface area contributed by atoms with Crippen LogP contribution in [0.1, 0.15) is 54.9 Å². The van der Waals surface area contributed by atoms with Crippen molar-refractivity contribution in [1.82, 2.24) is 0 Å². The third kappa shape index (κ3) is 7.01. The fourth-order valence-corrected chi connectivity index (χ4v) is 4.08. The predicted molar refractivity (Wildman–Crippen MR) is 83.1 cm³/mol. The smallest absolute Gasteiger partial charge is 0.309 e. The molecule has 1 atom stereocenters. The van der Waals surface area contributed by atoms with Crippen LogP contribution < -0.4 is 0 Å². The Morgan fingerprint density at radius 3 is 1.85 bits per heavy atom. The highest BCUT2D eigenvalue weighted by molar-refractivity contribution is 7.53. The minimum Gasteiger partial charge on any atom is -0.309 e. The quantitative estimate of drug-likeness (QED) is 0.587. The number of carbonyl (C=O) groups is 1. The van der Waals surface area contributed by atoms with Gasteiger partial charge in [-0.15, -0.1) is 0 Å². The summed E-state index contributed by atoms with van der Waals surface area (Å²) in [6, 6.07) is 0. The molecule has 0 saturated carbocycles. The minimum atomic E-state index is -3.09. The van der Waals surface area contributed by atoms with E-state index in [9.17, 15) is 9.36 Å². The van der Waals surface area contributed by atoms with E-state index in [1.165, 1.54) is 0 Å². The lowest BCUT2D eigenvalue weighted by Crippen LogP contribution is -2.27. The van der Waals surface area contributed by atoms with E-state index in [1.807, 2.05) is 34.6 Å². The lowest BCUT2D eigenvalue weighted by molar-refractivity contribution is -0.127. The first-order valence-corrected chi connectivity index (χ1v) is 9.20. The summed E-state index contributed by atoms with van der Waals surface area (Å²) in [5, 5.41) is 0. The van der Waals surface area contributed by atoms with Gasteiger partial charge in [-0.25, -0.2) is 0 Å². The van der Waals surface area contributed by atoms with Gasteiger partial charge in [0.2, 0.25) is 0 Å². The van der Waals surface area contributed by atoms with Gasteiger partial charge in [0.1, 0.15) is 5.78 Å². The maximum Gasteiger partial charge on any atom is 0.330 e. The van der Waals surface area contributed by atoms with Gasteiger partial charge >= 0.3 is 7.60 Å². The van der Waals surface area contributed by atoms with E-state index in [-0.39, 0.29) is 23.0 Å². The van der Waals surface area contributed by atoms with E-state index in [4.69, 9.17) is 9.05 Å². The Morgan fingerprint density at radius 1 is 1.10 bits per heavy atom. The molecule has 4 nitrogen and oxygen atoms in total. The Balaban J connectivity index is 4.93. The van der Waals surface area contributed by atoms with Crippen LogP contribution in [-0.4, -0.2) is 25.2 Å². The maximum absolute atomic E-state index is 12.6. The zero-order valence-electron chi connectivity index (χ0n) is 14.1. The van der Waals surface area contributed by atoms with Crippen molar-refractivity contribution >= 4 is 13.4 Å². The largest absolute Gasteiger partial charge is 0.330 e. The number of carbonyl (C=O) groups excluding carboxylic acids is 1. The Morgan fingerprint density at radius 2 is 1.55 bits per heavy atom. The highest BCUT2D eigenvalue weighted by Crippen LogP contribution is 2.51. The standard InChI is InChI=1S/C15H31O4P/c1-8-18-20(17,19-9-2)11-13(12(3)4)10-14(16)15(5,6)7/h12-13H,8-11H2,1-7H3/t13-/m1/s1. The molecule has 5 heteroatoms. The molecule has 0 aliphatic heterocycles. The molecule has 0 N–H and O–H groups in total. The van der Waals surface area contributed by atoms with Gasteiger partial charge in [0, 0.05) is 11.8 Å². The second-order valence-corrected chi connectivity index (χ2v) is 8.61. The first-order valence-electron chi connectivity index (χ1n) is 7.47. The van der Waals surface area contributed by atoms with E-state index in [1.54, 1.807) is 13.8 Å². The van der Waals surface area contributed by atoms with Crippen LogP contribution in [-0.2, 0) is 18.4 Å². The Hall–Kier alpha value is -0.180. The van der Waals surface area contributed by atoms with E-state index >= 15 is 0 Å². The highest BCUT2D eigenvalue weighted by Gasteiger charge is 2.33. The highest BCUT2D eigenvalue weighted by atomic mass is 31.2. The van der Waals surface area contributed by atoms with Gasteiger partial charge in [-0.2, -0.15) is 0 Å². The SMILES string of the molecule is CCOP(=O)(C[C@@H](CC(=O)C(C)(C)C)C(C)C)OCC. The molecule has 0 amide bonds. The van der Waals surface area contributed by atoms with Gasteiger partial charge in [-0.1, -0.05) is 34.6 Å². The number of hydrogen-bond acceptors (Lipinski definition) is 4. The Bertz CT molecular complexity index is 334. The van der Waals surface area contributed by atoms with Crippen LogP contribution in [0.3, 0.4) is 0 Å². The monoisotopic (exact) mass is 306 g/mol. The molecule has 0 aliphatic carbocycles. The van der Waals surface area contributed by atoms with Crippen molar-refractivity contribution in [3.63, 3.8) is 0 Å². The third-order valence-electron chi connectivity index (χ3n) is 3.34. The molecule has 0 heterocycles. The molecule has 0 aromatic rings. The van der Waals surface area contributed by atoms with Crippen molar-refractivity contribution in [2.75, 3.05) is 19.4 Å². The Kier molecular flexibility index (Phi) is 8.23. The van der Waals surface area contributed by atoms with Crippen molar-refractivity contribution in [2.45, 2.75) is 54.9 Å². The lowest BCUT2D eigenvalue weighted by atomic mass is 9.82. The van der Waals surface area contributed by atoms with Crippen LogP contribution in [0, 0.1) is 17.3 Å². The van der Waals surface area contributed by atoms with E-state index < -0.39 is 7.60 Å². The summed E-state index contributed by atoms with van der Waals surface area (Å²) < 4.78 is 23.3. The molecule has 0 bridgehead atoms. The molecular weight excluding hydrogens is 275 g/mol. The second-order valence-electron chi connectivity index (χ2n) is 6.51. The molecule has 0 fully saturated rings. The summed E-state index contributed by atoms with van der Waals surface area (Å²) in [6.07, 6.45) is 0.736. The normalized spacial score (nSPS) is 14.6. The summed E-state index contributed by atoms with van der Waals surface area (Å²) in [6.45, 7) is 14.1. The molecule has 0 saturated heterocycles. The van der Waals surface area contributed by atoms with Crippen molar-refractivity contribution in [3.05, 3.63) is 0 Å². The fourth-order valence-electron chi connectivity index (χ4n) is 1.88. The molecule has 0 unspecified atom stereocenters. The first-order chi connectivity index (χ1) is 9.05. The predicted octanol–water partition coefficient (Wildman–Crippen LogP) is 4.53. The Labute approximate surface area is 124 Å². The van der Waals surface area contributed by atoms with Crippen LogP contribution in [0.15, 0.2) is 0 Å². The molecule has 0 rings (SSSR count). The van der Waals surface area contributed by atoms with Crippen LogP contribution in [0.4, 0.5) is 0 Å². The van der Waals surface area contributed by atoms with Crippen LogP contribution in [0.5, 0.6) is 0 Å². The van der Waals surface area contributed by atoms with Crippen molar-refractivity contribution < 1.29 is 18.4 Å². The summed E-state index contributed by atoms with van der Waals surface area (Å²) in [4.78, 5) is 12.2. The van der Waals surface area contributed by atoms with Crippen LogP contribution >= 0.6 is 7.60 Å². The van der Waals surface area contributed by atoms with Gasteiger partial charge in [0.05, 0.1) is 19.4 Å². The molecule has 120 valence electrons. The molecular formula is C15H31O4P. The zero-order chi connectivity index (χ0) is 16.0. The molecule has 0 aromatic heterocycles.